The van der Waals surface area contributed by atoms with Gasteiger partial charge in [0, 0.05) is 13.7 Å². The number of ether oxygens (including phenoxy) is 3. The number of aliphatic hydroxyl groups excluding tert-OH is 2. The van der Waals surface area contributed by atoms with Crippen LogP contribution in [0.3, 0.4) is 0 Å². The average molecular weight is 235 g/mol. The molecule has 0 unspecified atom stereocenters. The molecule has 2 fully saturated rings. The third-order valence-corrected chi connectivity index (χ3v) is 2.80. The molecular formula is C8H13NO5S. The zero-order valence-corrected chi connectivity index (χ0v) is 8.94. The van der Waals surface area contributed by atoms with E-state index in [9.17, 15) is 10.2 Å². The summed E-state index contributed by atoms with van der Waals surface area (Å²) in [7, 11) is 1.41. The molecule has 0 aromatic heterocycles. The van der Waals surface area contributed by atoms with Gasteiger partial charge in [0.25, 0.3) is 5.17 Å². The van der Waals surface area contributed by atoms with Crippen LogP contribution in [-0.4, -0.2) is 59.7 Å². The van der Waals surface area contributed by atoms with Gasteiger partial charge < -0.3 is 29.7 Å². The van der Waals surface area contributed by atoms with E-state index in [2.05, 4.69) is 5.32 Å². The minimum Gasteiger partial charge on any atom is -0.462 e. The molecule has 2 aliphatic heterocycles. The largest absolute Gasteiger partial charge is 0.462 e. The van der Waals surface area contributed by atoms with Crippen LogP contribution < -0.4 is 5.32 Å². The Morgan fingerprint density at radius 3 is 2.87 bits per heavy atom. The fourth-order valence-electron chi connectivity index (χ4n) is 1.76. The van der Waals surface area contributed by atoms with Crippen molar-refractivity contribution in [2.75, 3.05) is 13.7 Å². The Morgan fingerprint density at radius 2 is 2.20 bits per heavy atom. The number of hydrogen-bond donors (Lipinski definition) is 3. The lowest BCUT2D eigenvalue weighted by molar-refractivity contribution is -0.289. The van der Waals surface area contributed by atoms with Gasteiger partial charge >= 0.3 is 0 Å². The normalized spacial score (nSPS) is 45.3. The molecular weight excluding hydrogens is 222 g/mol. The number of aliphatic hydroxyl groups is 2. The highest BCUT2D eigenvalue weighted by atomic mass is 32.1. The van der Waals surface area contributed by atoms with E-state index in [1.807, 2.05) is 0 Å². The Hall–Kier alpha value is -0.470. The minimum absolute atomic E-state index is 0.210. The van der Waals surface area contributed by atoms with Gasteiger partial charge in [0.1, 0.15) is 18.3 Å². The van der Waals surface area contributed by atoms with E-state index >= 15 is 0 Å². The third kappa shape index (κ3) is 1.93. The highest BCUT2D eigenvalue weighted by molar-refractivity contribution is 7.80. The van der Waals surface area contributed by atoms with E-state index in [0.717, 1.165) is 0 Å². The molecule has 0 bridgehead atoms. The van der Waals surface area contributed by atoms with Gasteiger partial charge in [-0.25, -0.2) is 0 Å². The Labute approximate surface area is 92.1 Å². The van der Waals surface area contributed by atoms with Gasteiger partial charge in [-0.05, 0) is 12.2 Å². The summed E-state index contributed by atoms with van der Waals surface area (Å²) in [6.07, 6.45) is -4.04. The van der Waals surface area contributed by atoms with Crippen molar-refractivity contribution in [1.82, 2.24) is 5.32 Å². The maximum Gasteiger partial charge on any atom is 0.257 e. The smallest absolute Gasteiger partial charge is 0.257 e. The molecule has 0 aromatic rings. The molecule has 86 valence electrons. The summed E-state index contributed by atoms with van der Waals surface area (Å²) in [5, 5.41) is 22.4. The van der Waals surface area contributed by atoms with E-state index in [4.69, 9.17) is 26.4 Å². The summed E-state index contributed by atoms with van der Waals surface area (Å²) in [5.41, 5.74) is 0. The lowest BCUT2D eigenvalue weighted by Gasteiger charge is -2.44. The molecule has 3 N–H and O–H groups in total. The zero-order chi connectivity index (χ0) is 11.0. The molecule has 0 radical (unpaired) electrons. The number of thiocarbonyl (C=S) groups is 1. The first-order chi connectivity index (χ1) is 7.13. The molecule has 0 amide bonds. The van der Waals surface area contributed by atoms with Crippen molar-refractivity contribution in [3.05, 3.63) is 0 Å². The highest BCUT2D eigenvalue weighted by Gasteiger charge is 2.48. The molecule has 6 nitrogen and oxygen atoms in total. The molecule has 5 atom stereocenters. The monoisotopic (exact) mass is 235 g/mol. The van der Waals surface area contributed by atoms with Crippen molar-refractivity contribution >= 4 is 17.4 Å². The van der Waals surface area contributed by atoms with Crippen LogP contribution in [0.25, 0.3) is 0 Å². The van der Waals surface area contributed by atoms with Crippen LogP contribution in [0.15, 0.2) is 0 Å². The summed E-state index contributed by atoms with van der Waals surface area (Å²) in [6, 6.07) is 0. The lowest BCUT2D eigenvalue weighted by Crippen LogP contribution is -2.64. The molecule has 15 heavy (non-hydrogen) atoms. The summed E-state index contributed by atoms with van der Waals surface area (Å²) in [6.45, 7) is 0.438. The van der Waals surface area contributed by atoms with E-state index in [1.54, 1.807) is 0 Å². The predicted octanol–water partition coefficient (Wildman–Crippen LogP) is -1.65. The molecule has 2 rings (SSSR count). The van der Waals surface area contributed by atoms with Crippen molar-refractivity contribution in [3.8, 4) is 0 Å². The topological polar surface area (TPSA) is 80.2 Å². The second-order valence-electron chi connectivity index (χ2n) is 3.51. The number of nitrogens with one attached hydrogen (secondary N) is 1. The predicted molar refractivity (Wildman–Crippen MR) is 53.2 cm³/mol. The van der Waals surface area contributed by atoms with Gasteiger partial charge in [0.15, 0.2) is 12.4 Å². The molecule has 2 heterocycles. The summed E-state index contributed by atoms with van der Waals surface area (Å²) < 4.78 is 15.5. The van der Waals surface area contributed by atoms with Crippen molar-refractivity contribution in [1.29, 1.82) is 0 Å². The molecule has 2 aliphatic rings. The Morgan fingerprint density at radius 1 is 1.47 bits per heavy atom. The number of hydrogen-bond acceptors (Lipinski definition) is 6. The lowest BCUT2D eigenvalue weighted by atomic mass is 9.98. The second-order valence-corrected chi connectivity index (χ2v) is 3.88. The van der Waals surface area contributed by atoms with E-state index in [0.29, 0.717) is 6.54 Å². The van der Waals surface area contributed by atoms with E-state index < -0.39 is 24.6 Å². The average Bonchev–Trinajstić information content (AvgIpc) is 2.24. The van der Waals surface area contributed by atoms with E-state index in [-0.39, 0.29) is 11.3 Å². The fraction of sp³-hybridized carbons (Fsp3) is 0.875. The van der Waals surface area contributed by atoms with Crippen LogP contribution in [-0.2, 0) is 14.2 Å². The Bertz CT molecular complexity index is 261. The number of fused-ring (bicyclic) bond motifs is 1. The Balaban J connectivity index is 2.11. The molecule has 0 spiro atoms. The second kappa shape index (κ2) is 4.18. The first-order valence-electron chi connectivity index (χ1n) is 4.62. The van der Waals surface area contributed by atoms with Gasteiger partial charge in [0.2, 0.25) is 0 Å². The first-order valence-corrected chi connectivity index (χ1v) is 5.03. The highest BCUT2D eigenvalue weighted by Crippen LogP contribution is 2.25. The molecule has 2 saturated heterocycles. The van der Waals surface area contributed by atoms with Crippen LogP contribution in [0, 0.1) is 0 Å². The van der Waals surface area contributed by atoms with Gasteiger partial charge in [-0.15, -0.1) is 0 Å². The van der Waals surface area contributed by atoms with E-state index in [1.165, 1.54) is 7.11 Å². The van der Waals surface area contributed by atoms with Gasteiger partial charge in [-0.2, -0.15) is 0 Å². The van der Waals surface area contributed by atoms with Crippen LogP contribution in [0.1, 0.15) is 0 Å². The summed E-state index contributed by atoms with van der Waals surface area (Å²) in [4.78, 5) is 0. The molecule has 0 saturated carbocycles. The third-order valence-electron chi connectivity index (χ3n) is 2.56. The van der Waals surface area contributed by atoms with Crippen molar-refractivity contribution < 1.29 is 24.4 Å². The van der Waals surface area contributed by atoms with Crippen LogP contribution in [0.4, 0.5) is 0 Å². The SMILES string of the molecule is CO[C@@H]1O[C@@H]2CNC(=S)O[C@H]2[C@H](O)[C@H]1O. The summed E-state index contributed by atoms with van der Waals surface area (Å²) in [5.74, 6) is 0. The van der Waals surface area contributed by atoms with Crippen LogP contribution in [0.2, 0.25) is 0 Å². The molecule has 0 aromatic carbocycles. The zero-order valence-electron chi connectivity index (χ0n) is 8.12. The standard InChI is InChI=1S/C8H13NO5S/c1-12-7-5(11)4(10)6-3(13-7)2-9-8(15)14-6/h3-7,10-11H,2H2,1H3,(H,9,15)/t3-,4-,5-,6-,7-/m1/s1. The van der Waals surface area contributed by atoms with Crippen molar-refractivity contribution in [3.63, 3.8) is 0 Å². The van der Waals surface area contributed by atoms with Crippen molar-refractivity contribution in [2.24, 2.45) is 0 Å². The van der Waals surface area contributed by atoms with Crippen molar-refractivity contribution in [2.45, 2.75) is 30.7 Å². The van der Waals surface area contributed by atoms with Gasteiger partial charge in [-0.1, -0.05) is 0 Å². The fourth-order valence-corrected chi connectivity index (χ4v) is 1.95. The van der Waals surface area contributed by atoms with Crippen LogP contribution >= 0.6 is 12.2 Å². The van der Waals surface area contributed by atoms with Crippen LogP contribution in [0.5, 0.6) is 0 Å². The minimum atomic E-state index is -1.13. The maximum absolute atomic E-state index is 9.77. The number of methoxy groups -OCH3 is 1. The number of rotatable bonds is 1. The van der Waals surface area contributed by atoms with Gasteiger partial charge in [-0.3, -0.25) is 0 Å². The summed E-state index contributed by atoms with van der Waals surface area (Å²) >= 11 is 4.81. The van der Waals surface area contributed by atoms with Gasteiger partial charge in [0.05, 0.1) is 0 Å². The molecule has 7 heteroatoms. The quantitative estimate of drug-likeness (QED) is 0.470. The first kappa shape index (κ1) is 11.0. The Kier molecular flexibility index (Phi) is 3.08. The molecule has 0 aliphatic carbocycles. The maximum atomic E-state index is 9.77.